The van der Waals surface area contributed by atoms with Gasteiger partial charge in [-0.05, 0) is 56.3 Å². The fourth-order valence-electron chi connectivity index (χ4n) is 2.98. The lowest BCUT2D eigenvalue weighted by atomic mass is 10.1. The predicted octanol–water partition coefficient (Wildman–Crippen LogP) is 4.95. The third kappa shape index (κ3) is 4.03. The van der Waals surface area contributed by atoms with Gasteiger partial charge in [0, 0.05) is 30.5 Å². The Morgan fingerprint density at radius 2 is 1.71 bits per heavy atom. The van der Waals surface area contributed by atoms with Gasteiger partial charge in [-0.25, -0.2) is 0 Å². The normalized spacial score (nSPS) is 10.5. The third-order valence-corrected chi connectivity index (χ3v) is 4.45. The highest BCUT2D eigenvalue weighted by Crippen LogP contribution is 2.31. The molecule has 1 heterocycles. The minimum Gasteiger partial charge on any atom is -0.451 e. The highest BCUT2D eigenvalue weighted by molar-refractivity contribution is 6.02. The number of para-hydroxylation sites is 1. The van der Waals surface area contributed by atoms with E-state index in [1.54, 1.807) is 24.3 Å². The van der Waals surface area contributed by atoms with Gasteiger partial charge in [-0.3, -0.25) is 14.9 Å². The number of hydrogen-bond acceptors (Lipinski definition) is 5. The van der Waals surface area contributed by atoms with Crippen LogP contribution < -0.4 is 10.2 Å². The van der Waals surface area contributed by atoms with Crippen molar-refractivity contribution in [3.05, 3.63) is 76.5 Å². The molecule has 28 heavy (non-hydrogen) atoms. The number of nitrogens with one attached hydrogen (secondary N) is 1. The standard InChI is InChI=1S/C21H21N3O4/c1-3-23(4-2)16-11-9-15(10-12-16)22-21(25)20-14-13-19(28-20)17-7-5-6-8-18(17)24(26)27/h5-14H,3-4H2,1-2H3,(H,22,25). The first kappa shape index (κ1) is 19.2. The van der Waals surface area contributed by atoms with Crippen LogP contribution in [0.4, 0.5) is 17.1 Å². The molecule has 144 valence electrons. The molecule has 0 unspecified atom stereocenters. The maximum Gasteiger partial charge on any atom is 0.291 e. The largest absolute Gasteiger partial charge is 0.451 e. The van der Waals surface area contributed by atoms with Gasteiger partial charge in [0.05, 0.1) is 10.5 Å². The summed E-state index contributed by atoms with van der Waals surface area (Å²) in [7, 11) is 0. The molecule has 2 aromatic carbocycles. The first-order valence-corrected chi connectivity index (χ1v) is 9.03. The van der Waals surface area contributed by atoms with Crippen LogP contribution >= 0.6 is 0 Å². The first-order valence-electron chi connectivity index (χ1n) is 9.03. The van der Waals surface area contributed by atoms with E-state index in [1.807, 2.05) is 24.3 Å². The molecule has 7 heteroatoms. The van der Waals surface area contributed by atoms with Gasteiger partial charge in [0.25, 0.3) is 11.6 Å². The van der Waals surface area contributed by atoms with Crippen molar-refractivity contribution >= 4 is 23.0 Å². The van der Waals surface area contributed by atoms with Crippen LogP contribution in [0.25, 0.3) is 11.3 Å². The maximum absolute atomic E-state index is 12.5. The maximum atomic E-state index is 12.5. The van der Waals surface area contributed by atoms with Crippen molar-refractivity contribution < 1.29 is 14.1 Å². The van der Waals surface area contributed by atoms with E-state index in [0.29, 0.717) is 11.3 Å². The van der Waals surface area contributed by atoms with Gasteiger partial charge < -0.3 is 14.6 Å². The Morgan fingerprint density at radius 3 is 2.36 bits per heavy atom. The van der Waals surface area contributed by atoms with Crippen molar-refractivity contribution in [3.8, 4) is 11.3 Å². The Morgan fingerprint density at radius 1 is 1.04 bits per heavy atom. The smallest absolute Gasteiger partial charge is 0.291 e. The van der Waals surface area contributed by atoms with Gasteiger partial charge >= 0.3 is 0 Å². The summed E-state index contributed by atoms with van der Waals surface area (Å²) in [6, 6.07) is 16.9. The molecule has 0 aliphatic carbocycles. The predicted molar refractivity (Wildman–Crippen MR) is 109 cm³/mol. The van der Waals surface area contributed by atoms with E-state index in [4.69, 9.17) is 4.42 Å². The van der Waals surface area contributed by atoms with Gasteiger partial charge in [-0.2, -0.15) is 0 Å². The molecule has 7 nitrogen and oxygen atoms in total. The van der Waals surface area contributed by atoms with E-state index >= 15 is 0 Å². The number of furan rings is 1. The summed E-state index contributed by atoms with van der Waals surface area (Å²) in [6.07, 6.45) is 0. The lowest BCUT2D eigenvalue weighted by Crippen LogP contribution is -2.21. The van der Waals surface area contributed by atoms with Crippen LogP contribution in [-0.2, 0) is 0 Å². The molecular weight excluding hydrogens is 358 g/mol. The van der Waals surface area contributed by atoms with Gasteiger partial charge in [0.2, 0.25) is 0 Å². The number of hydrogen-bond donors (Lipinski definition) is 1. The van der Waals surface area contributed by atoms with E-state index < -0.39 is 10.8 Å². The summed E-state index contributed by atoms with van der Waals surface area (Å²) < 4.78 is 5.57. The SMILES string of the molecule is CCN(CC)c1ccc(NC(=O)c2ccc(-c3ccccc3[N+](=O)[O-])o2)cc1. The molecule has 0 bridgehead atoms. The number of rotatable bonds is 7. The minimum atomic E-state index is -0.477. The second-order valence-electron chi connectivity index (χ2n) is 6.11. The molecule has 0 saturated carbocycles. The zero-order chi connectivity index (χ0) is 20.1. The molecule has 0 aliphatic heterocycles. The van der Waals surface area contributed by atoms with Crippen molar-refractivity contribution in [2.24, 2.45) is 0 Å². The molecule has 3 rings (SSSR count). The molecule has 0 fully saturated rings. The highest BCUT2D eigenvalue weighted by atomic mass is 16.6. The average molecular weight is 379 g/mol. The second kappa shape index (κ2) is 8.39. The average Bonchev–Trinajstić information content (AvgIpc) is 3.20. The molecule has 0 aliphatic rings. The zero-order valence-corrected chi connectivity index (χ0v) is 15.7. The molecule has 0 radical (unpaired) electrons. The Kier molecular flexibility index (Phi) is 5.74. The molecule has 0 atom stereocenters. The van der Waals surface area contributed by atoms with Gasteiger partial charge in [0.1, 0.15) is 5.76 Å². The van der Waals surface area contributed by atoms with Gasteiger partial charge in [0.15, 0.2) is 5.76 Å². The lowest BCUT2D eigenvalue weighted by Gasteiger charge is -2.21. The summed E-state index contributed by atoms with van der Waals surface area (Å²) in [6.45, 7) is 5.99. The van der Waals surface area contributed by atoms with E-state index in [-0.39, 0.29) is 17.2 Å². The van der Waals surface area contributed by atoms with Crippen LogP contribution in [0.5, 0.6) is 0 Å². The number of carbonyl (C=O) groups is 1. The molecule has 1 N–H and O–H groups in total. The monoisotopic (exact) mass is 379 g/mol. The summed E-state index contributed by atoms with van der Waals surface area (Å²) in [5.74, 6) is -0.0595. The Bertz CT molecular complexity index is 975. The molecule has 0 spiro atoms. The van der Waals surface area contributed by atoms with Gasteiger partial charge in [-0.15, -0.1) is 0 Å². The van der Waals surface area contributed by atoms with Crippen molar-refractivity contribution in [1.29, 1.82) is 0 Å². The van der Waals surface area contributed by atoms with Crippen LogP contribution in [-0.4, -0.2) is 23.9 Å². The second-order valence-corrected chi connectivity index (χ2v) is 6.11. The fourth-order valence-corrected chi connectivity index (χ4v) is 2.98. The molecular formula is C21H21N3O4. The molecule has 0 saturated heterocycles. The number of nitro benzene ring substituents is 1. The summed E-state index contributed by atoms with van der Waals surface area (Å²) in [5, 5.41) is 14.0. The lowest BCUT2D eigenvalue weighted by molar-refractivity contribution is -0.384. The zero-order valence-electron chi connectivity index (χ0n) is 15.7. The number of anilines is 2. The van der Waals surface area contributed by atoms with Crippen molar-refractivity contribution in [2.45, 2.75) is 13.8 Å². The number of nitrogens with zero attached hydrogens (tertiary/aromatic N) is 2. The topological polar surface area (TPSA) is 88.6 Å². The summed E-state index contributed by atoms with van der Waals surface area (Å²) in [5.41, 5.74) is 1.98. The minimum absolute atomic E-state index is 0.0733. The summed E-state index contributed by atoms with van der Waals surface area (Å²) in [4.78, 5) is 25.4. The first-order chi connectivity index (χ1) is 13.5. The number of nitro groups is 1. The quantitative estimate of drug-likeness (QED) is 0.463. The summed E-state index contributed by atoms with van der Waals surface area (Å²) >= 11 is 0. The van der Waals surface area contributed by atoms with E-state index in [2.05, 4.69) is 24.1 Å². The highest BCUT2D eigenvalue weighted by Gasteiger charge is 2.19. The third-order valence-electron chi connectivity index (χ3n) is 4.45. The van der Waals surface area contributed by atoms with E-state index in [0.717, 1.165) is 18.8 Å². The Balaban J connectivity index is 1.76. The van der Waals surface area contributed by atoms with Crippen LogP contribution in [0.2, 0.25) is 0 Å². The molecule has 1 amide bonds. The Labute approximate surface area is 162 Å². The van der Waals surface area contributed by atoms with Crippen LogP contribution in [0.15, 0.2) is 65.1 Å². The van der Waals surface area contributed by atoms with Crippen molar-refractivity contribution in [1.82, 2.24) is 0 Å². The van der Waals surface area contributed by atoms with E-state index in [9.17, 15) is 14.9 Å². The fraction of sp³-hybridized carbons (Fsp3) is 0.190. The van der Waals surface area contributed by atoms with Crippen molar-refractivity contribution in [3.63, 3.8) is 0 Å². The van der Waals surface area contributed by atoms with Gasteiger partial charge in [-0.1, -0.05) is 12.1 Å². The van der Waals surface area contributed by atoms with E-state index in [1.165, 1.54) is 12.1 Å². The van der Waals surface area contributed by atoms with Crippen LogP contribution in [0, 0.1) is 10.1 Å². The number of carbonyl (C=O) groups excluding carboxylic acids is 1. The van der Waals surface area contributed by atoms with Crippen LogP contribution in [0.3, 0.4) is 0 Å². The van der Waals surface area contributed by atoms with Crippen molar-refractivity contribution in [2.75, 3.05) is 23.3 Å². The molecule has 1 aromatic heterocycles. The number of amides is 1. The number of benzene rings is 2. The Hall–Kier alpha value is -3.61. The van der Waals surface area contributed by atoms with Crippen LogP contribution in [0.1, 0.15) is 24.4 Å². The molecule has 3 aromatic rings.